The van der Waals surface area contributed by atoms with Gasteiger partial charge in [-0.3, -0.25) is 4.79 Å². The van der Waals surface area contributed by atoms with Crippen molar-refractivity contribution < 1.29 is 9.90 Å². The van der Waals surface area contributed by atoms with E-state index in [-0.39, 0.29) is 18.4 Å². The first kappa shape index (κ1) is 14.6. The number of hydrogen-bond donors (Lipinski definition) is 2. The second kappa shape index (κ2) is 5.79. The van der Waals surface area contributed by atoms with E-state index in [0.29, 0.717) is 9.21 Å². The summed E-state index contributed by atoms with van der Waals surface area (Å²) in [5, 5.41) is 13.8. The lowest BCUT2D eigenvalue weighted by Gasteiger charge is -2.29. The van der Waals surface area contributed by atoms with Crippen LogP contribution < -0.4 is 5.32 Å². The topological polar surface area (TPSA) is 49.3 Å². The van der Waals surface area contributed by atoms with Crippen molar-refractivity contribution in [2.45, 2.75) is 18.4 Å². The zero-order valence-corrected chi connectivity index (χ0v) is 13.0. The number of hydrogen-bond acceptors (Lipinski definition) is 3. The lowest BCUT2D eigenvalue weighted by Crippen LogP contribution is -2.42. The Hall–Kier alpha value is -1.36. The molecular weight excluding hydrogens is 306 g/mol. The van der Waals surface area contributed by atoms with Crippen LogP contribution in [-0.4, -0.2) is 17.6 Å². The Balaban J connectivity index is 1.73. The van der Waals surface area contributed by atoms with Gasteiger partial charge in [-0.05, 0) is 36.5 Å². The average molecular weight is 322 g/mol. The van der Waals surface area contributed by atoms with Crippen LogP contribution in [0.3, 0.4) is 0 Å². The summed E-state index contributed by atoms with van der Waals surface area (Å²) < 4.78 is 0.584. The van der Waals surface area contributed by atoms with Crippen molar-refractivity contribution in [1.29, 1.82) is 0 Å². The van der Waals surface area contributed by atoms with E-state index < -0.39 is 5.60 Å². The van der Waals surface area contributed by atoms with E-state index in [2.05, 4.69) is 5.32 Å². The van der Waals surface area contributed by atoms with Crippen LogP contribution in [-0.2, 0) is 5.60 Å². The quantitative estimate of drug-likeness (QED) is 0.886. The summed E-state index contributed by atoms with van der Waals surface area (Å²) in [5.41, 5.74) is -0.130. The summed E-state index contributed by atoms with van der Waals surface area (Å²) in [6, 6.07) is 12.9. The van der Waals surface area contributed by atoms with Crippen molar-refractivity contribution in [3.8, 4) is 0 Å². The highest BCUT2D eigenvalue weighted by Gasteiger charge is 2.45. The number of amides is 1. The summed E-state index contributed by atoms with van der Waals surface area (Å²) in [6.45, 7) is 0.218. The molecule has 0 aliphatic heterocycles. The molecule has 5 heteroatoms. The molecule has 21 heavy (non-hydrogen) atoms. The molecule has 1 aromatic carbocycles. The van der Waals surface area contributed by atoms with Crippen LogP contribution in [0.4, 0.5) is 0 Å². The number of rotatable bonds is 5. The highest BCUT2D eigenvalue weighted by molar-refractivity contribution is 7.17. The molecule has 1 amide bonds. The molecule has 1 unspecified atom stereocenters. The highest BCUT2D eigenvalue weighted by Crippen LogP contribution is 2.45. The van der Waals surface area contributed by atoms with E-state index >= 15 is 0 Å². The Labute approximate surface area is 132 Å². The molecule has 0 spiro atoms. The molecule has 0 radical (unpaired) electrons. The van der Waals surface area contributed by atoms with Gasteiger partial charge < -0.3 is 10.4 Å². The molecule has 1 aliphatic rings. The molecular formula is C16H16ClNO2S. The van der Waals surface area contributed by atoms with Gasteiger partial charge in [-0.25, -0.2) is 0 Å². The smallest absolute Gasteiger partial charge is 0.261 e. The first-order chi connectivity index (χ1) is 10.1. The van der Waals surface area contributed by atoms with E-state index in [0.717, 1.165) is 18.4 Å². The van der Waals surface area contributed by atoms with Crippen molar-refractivity contribution in [2.24, 2.45) is 5.92 Å². The molecule has 0 saturated heterocycles. The summed E-state index contributed by atoms with van der Waals surface area (Å²) in [5.74, 6) is 0.0222. The van der Waals surface area contributed by atoms with Gasteiger partial charge in [0, 0.05) is 0 Å². The van der Waals surface area contributed by atoms with Crippen LogP contribution >= 0.6 is 22.9 Å². The SMILES string of the molecule is O=C(NCC(O)(c1ccccc1)C1CC1)c1ccc(Cl)s1. The van der Waals surface area contributed by atoms with Gasteiger partial charge in [0.05, 0.1) is 15.8 Å². The average Bonchev–Trinajstić information content (AvgIpc) is 3.28. The molecule has 1 heterocycles. The molecule has 3 nitrogen and oxygen atoms in total. The number of carbonyl (C=O) groups excluding carboxylic acids is 1. The first-order valence-electron chi connectivity index (χ1n) is 6.91. The number of halogens is 1. The second-order valence-electron chi connectivity index (χ2n) is 5.35. The minimum Gasteiger partial charge on any atom is -0.383 e. The van der Waals surface area contributed by atoms with Gasteiger partial charge in [0.25, 0.3) is 5.91 Å². The molecule has 110 valence electrons. The third-order valence-electron chi connectivity index (χ3n) is 3.84. The van der Waals surface area contributed by atoms with Crippen molar-refractivity contribution in [3.63, 3.8) is 0 Å². The van der Waals surface area contributed by atoms with Gasteiger partial charge in [0.2, 0.25) is 0 Å². The fourth-order valence-electron chi connectivity index (χ4n) is 2.51. The summed E-state index contributed by atoms with van der Waals surface area (Å²) in [4.78, 5) is 12.7. The van der Waals surface area contributed by atoms with Crippen molar-refractivity contribution in [1.82, 2.24) is 5.32 Å². The van der Waals surface area contributed by atoms with E-state index in [4.69, 9.17) is 11.6 Å². The van der Waals surface area contributed by atoms with Gasteiger partial charge in [-0.1, -0.05) is 41.9 Å². The number of nitrogens with one attached hydrogen (secondary N) is 1. The van der Waals surface area contributed by atoms with Crippen LogP contribution in [0.5, 0.6) is 0 Å². The van der Waals surface area contributed by atoms with Gasteiger partial charge in [0.1, 0.15) is 5.60 Å². The van der Waals surface area contributed by atoms with Crippen LogP contribution in [0.15, 0.2) is 42.5 Å². The zero-order chi connectivity index (χ0) is 14.9. The molecule has 1 fully saturated rings. The molecule has 1 saturated carbocycles. The fourth-order valence-corrected chi connectivity index (χ4v) is 3.47. The normalized spacial score (nSPS) is 17.2. The van der Waals surface area contributed by atoms with Crippen LogP contribution in [0.1, 0.15) is 28.1 Å². The molecule has 0 bridgehead atoms. The minimum absolute atomic E-state index is 0.193. The molecule has 1 aliphatic carbocycles. The van der Waals surface area contributed by atoms with Crippen LogP contribution in [0, 0.1) is 5.92 Å². The van der Waals surface area contributed by atoms with E-state index in [1.54, 1.807) is 12.1 Å². The largest absolute Gasteiger partial charge is 0.383 e. The molecule has 1 atom stereocenters. The summed E-state index contributed by atoms with van der Waals surface area (Å²) in [6.07, 6.45) is 1.98. The Morgan fingerprint density at radius 1 is 1.29 bits per heavy atom. The predicted octanol–water partition coefficient (Wildman–Crippen LogP) is 3.43. The standard InChI is InChI=1S/C16H16ClNO2S/c17-14-9-8-13(21-14)15(19)18-10-16(20,12-6-7-12)11-4-2-1-3-5-11/h1-5,8-9,12,20H,6-7,10H2,(H,18,19). The van der Waals surface area contributed by atoms with Crippen molar-refractivity contribution in [3.05, 3.63) is 57.2 Å². The third-order valence-corrected chi connectivity index (χ3v) is 5.07. The maximum absolute atomic E-state index is 12.1. The van der Waals surface area contributed by atoms with Crippen LogP contribution in [0.2, 0.25) is 4.34 Å². The number of carbonyl (C=O) groups is 1. The van der Waals surface area contributed by atoms with E-state index in [1.807, 2.05) is 30.3 Å². The molecule has 3 rings (SSSR count). The fraction of sp³-hybridized carbons (Fsp3) is 0.312. The Kier molecular flexibility index (Phi) is 4.02. The number of thiophene rings is 1. The highest BCUT2D eigenvalue weighted by atomic mass is 35.5. The Bertz CT molecular complexity index is 639. The van der Waals surface area contributed by atoms with Crippen molar-refractivity contribution >= 4 is 28.8 Å². The number of aliphatic hydroxyl groups is 1. The van der Waals surface area contributed by atoms with Crippen molar-refractivity contribution in [2.75, 3.05) is 6.54 Å². The van der Waals surface area contributed by atoms with E-state index in [1.165, 1.54) is 11.3 Å². The zero-order valence-electron chi connectivity index (χ0n) is 11.4. The second-order valence-corrected chi connectivity index (χ2v) is 7.07. The maximum atomic E-state index is 12.1. The first-order valence-corrected chi connectivity index (χ1v) is 8.10. The number of benzene rings is 1. The Morgan fingerprint density at radius 3 is 2.57 bits per heavy atom. The monoisotopic (exact) mass is 321 g/mol. The van der Waals surface area contributed by atoms with Gasteiger partial charge in [-0.2, -0.15) is 0 Å². The predicted molar refractivity (Wildman–Crippen MR) is 84.7 cm³/mol. The molecule has 1 aromatic heterocycles. The molecule has 2 aromatic rings. The molecule has 2 N–H and O–H groups in total. The van der Waals surface area contributed by atoms with Gasteiger partial charge in [0.15, 0.2) is 0 Å². The maximum Gasteiger partial charge on any atom is 0.261 e. The van der Waals surface area contributed by atoms with Gasteiger partial charge >= 0.3 is 0 Å². The minimum atomic E-state index is -0.988. The summed E-state index contributed by atoms with van der Waals surface area (Å²) >= 11 is 7.08. The lowest BCUT2D eigenvalue weighted by molar-refractivity contribution is 0.0135. The Morgan fingerprint density at radius 2 is 2.00 bits per heavy atom. The third kappa shape index (κ3) is 3.12. The van der Waals surface area contributed by atoms with E-state index in [9.17, 15) is 9.90 Å². The summed E-state index contributed by atoms with van der Waals surface area (Å²) in [7, 11) is 0. The lowest BCUT2D eigenvalue weighted by atomic mass is 9.88. The van der Waals surface area contributed by atoms with Gasteiger partial charge in [-0.15, -0.1) is 11.3 Å². The van der Waals surface area contributed by atoms with Crippen LogP contribution in [0.25, 0.3) is 0 Å².